The highest BCUT2D eigenvalue weighted by atomic mass is 32.2. The van der Waals surface area contributed by atoms with E-state index in [0.29, 0.717) is 5.56 Å². The van der Waals surface area contributed by atoms with Gasteiger partial charge in [0, 0.05) is 6.04 Å². The van der Waals surface area contributed by atoms with Crippen LogP contribution in [0.2, 0.25) is 0 Å². The third-order valence-electron chi connectivity index (χ3n) is 3.66. The minimum Gasteiger partial charge on any atom is -0.462 e. The first-order valence-electron chi connectivity index (χ1n) is 7.70. The van der Waals surface area contributed by atoms with E-state index in [4.69, 9.17) is 4.74 Å². The van der Waals surface area contributed by atoms with Gasteiger partial charge in [-0.1, -0.05) is 24.3 Å². The summed E-state index contributed by atoms with van der Waals surface area (Å²) in [6.45, 7) is 5.73. The smallest absolute Gasteiger partial charge is 0.338 e. The molecule has 0 aromatic heterocycles. The molecule has 0 aliphatic carbocycles. The van der Waals surface area contributed by atoms with E-state index in [1.165, 1.54) is 24.3 Å². The first-order valence-corrected chi connectivity index (χ1v) is 9.18. The van der Waals surface area contributed by atoms with E-state index >= 15 is 0 Å². The standard InChI is InChI=1S/C18H21NO4S/c1-4-23-18(20)15-9-11-16(12-10-15)24(21,22)19-14(3)17-8-6-5-7-13(17)2/h5-12,14,19H,4H2,1-3H3. The fourth-order valence-electron chi connectivity index (χ4n) is 2.42. The Morgan fingerprint density at radius 2 is 1.75 bits per heavy atom. The van der Waals surface area contributed by atoms with Crippen molar-refractivity contribution in [3.05, 3.63) is 65.2 Å². The molecule has 2 rings (SSSR count). The van der Waals surface area contributed by atoms with Crippen molar-refractivity contribution in [2.45, 2.75) is 31.7 Å². The number of carbonyl (C=O) groups excluding carboxylic acids is 1. The molecule has 0 radical (unpaired) electrons. The van der Waals surface area contributed by atoms with Crippen LogP contribution in [0.25, 0.3) is 0 Å². The first-order chi connectivity index (χ1) is 11.3. The number of hydrogen-bond acceptors (Lipinski definition) is 4. The number of esters is 1. The van der Waals surface area contributed by atoms with Crippen molar-refractivity contribution in [1.82, 2.24) is 4.72 Å². The van der Waals surface area contributed by atoms with Crippen molar-refractivity contribution in [1.29, 1.82) is 0 Å². The van der Waals surface area contributed by atoms with Gasteiger partial charge in [-0.15, -0.1) is 0 Å². The summed E-state index contributed by atoms with van der Waals surface area (Å²) in [6, 6.07) is 13.0. The number of sulfonamides is 1. The zero-order chi connectivity index (χ0) is 17.7. The number of hydrogen-bond donors (Lipinski definition) is 1. The van der Waals surface area contributed by atoms with Crippen LogP contribution in [-0.4, -0.2) is 21.0 Å². The van der Waals surface area contributed by atoms with Gasteiger partial charge < -0.3 is 4.74 Å². The maximum absolute atomic E-state index is 12.5. The molecule has 5 nitrogen and oxygen atoms in total. The van der Waals surface area contributed by atoms with Gasteiger partial charge in [-0.25, -0.2) is 17.9 Å². The van der Waals surface area contributed by atoms with Gasteiger partial charge in [0.2, 0.25) is 10.0 Å². The van der Waals surface area contributed by atoms with Crippen LogP contribution in [0.1, 0.15) is 41.4 Å². The van der Waals surface area contributed by atoms with E-state index in [9.17, 15) is 13.2 Å². The van der Waals surface area contributed by atoms with Crippen LogP contribution in [0.3, 0.4) is 0 Å². The van der Waals surface area contributed by atoms with Gasteiger partial charge in [-0.3, -0.25) is 0 Å². The summed E-state index contributed by atoms with van der Waals surface area (Å²) in [4.78, 5) is 11.7. The van der Waals surface area contributed by atoms with E-state index < -0.39 is 16.0 Å². The van der Waals surface area contributed by atoms with Gasteiger partial charge in [-0.05, 0) is 56.2 Å². The predicted octanol–water partition coefficient (Wildman–Crippen LogP) is 3.21. The van der Waals surface area contributed by atoms with Gasteiger partial charge in [-0.2, -0.15) is 0 Å². The lowest BCUT2D eigenvalue weighted by atomic mass is 10.0. The van der Waals surface area contributed by atoms with E-state index in [0.717, 1.165) is 11.1 Å². The second-order valence-electron chi connectivity index (χ2n) is 5.44. The van der Waals surface area contributed by atoms with Gasteiger partial charge >= 0.3 is 5.97 Å². The van der Waals surface area contributed by atoms with Crippen LogP contribution in [0.4, 0.5) is 0 Å². The molecule has 0 aliphatic rings. The largest absolute Gasteiger partial charge is 0.462 e. The Morgan fingerprint density at radius 1 is 1.12 bits per heavy atom. The summed E-state index contributed by atoms with van der Waals surface area (Å²) in [5, 5.41) is 0. The predicted molar refractivity (Wildman–Crippen MR) is 92.3 cm³/mol. The maximum Gasteiger partial charge on any atom is 0.338 e. The number of nitrogens with one attached hydrogen (secondary N) is 1. The fraction of sp³-hybridized carbons (Fsp3) is 0.278. The van der Waals surface area contributed by atoms with E-state index in [-0.39, 0.29) is 17.5 Å². The van der Waals surface area contributed by atoms with Crippen molar-refractivity contribution in [2.75, 3.05) is 6.61 Å². The molecule has 0 saturated carbocycles. The SMILES string of the molecule is CCOC(=O)c1ccc(S(=O)(=O)NC(C)c2ccccc2C)cc1. The van der Waals surface area contributed by atoms with E-state index in [2.05, 4.69) is 4.72 Å². The van der Waals surface area contributed by atoms with Crippen molar-refractivity contribution in [3.8, 4) is 0 Å². The van der Waals surface area contributed by atoms with Crippen LogP contribution >= 0.6 is 0 Å². The Labute approximate surface area is 142 Å². The van der Waals surface area contributed by atoms with Gasteiger partial charge in [0.05, 0.1) is 17.1 Å². The lowest BCUT2D eigenvalue weighted by Gasteiger charge is -2.17. The Hall–Kier alpha value is -2.18. The molecule has 2 aromatic carbocycles. The second-order valence-corrected chi connectivity index (χ2v) is 7.16. The summed E-state index contributed by atoms with van der Waals surface area (Å²) in [7, 11) is -3.68. The fourth-order valence-corrected chi connectivity index (χ4v) is 3.64. The molecule has 128 valence electrons. The van der Waals surface area contributed by atoms with Crippen LogP contribution < -0.4 is 4.72 Å². The topological polar surface area (TPSA) is 72.5 Å². The lowest BCUT2D eigenvalue weighted by Crippen LogP contribution is -2.27. The molecule has 6 heteroatoms. The lowest BCUT2D eigenvalue weighted by molar-refractivity contribution is 0.0526. The molecular formula is C18H21NO4S. The normalized spacial score (nSPS) is 12.6. The Morgan fingerprint density at radius 3 is 2.33 bits per heavy atom. The molecule has 1 N–H and O–H groups in total. The van der Waals surface area contributed by atoms with E-state index in [1.807, 2.05) is 31.2 Å². The highest BCUT2D eigenvalue weighted by Crippen LogP contribution is 2.20. The van der Waals surface area contributed by atoms with Gasteiger partial charge in [0.15, 0.2) is 0 Å². The first kappa shape index (κ1) is 18.2. The number of benzene rings is 2. The number of carbonyl (C=O) groups is 1. The van der Waals surface area contributed by atoms with Gasteiger partial charge in [0.25, 0.3) is 0 Å². The summed E-state index contributed by atoms with van der Waals surface area (Å²) in [5.41, 5.74) is 2.26. The molecule has 24 heavy (non-hydrogen) atoms. The molecule has 0 bridgehead atoms. The molecule has 1 unspecified atom stereocenters. The maximum atomic E-state index is 12.5. The minimum absolute atomic E-state index is 0.107. The van der Waals surface area contributed by atoms with Crippen LogP contribution in [0, 0.1) is 6.92 Å². The van der Waals surface area contributed by atoms with Crippen molar-refractivity contribution >= 4 is 16.0 Å². The monoisotopic (exact) mass is 347 g/mol. The molecule has 1 atom stereocenters. The Kier molecular flexibility index (Phi) is 5.75. The Bertz CT molecular complexity index is 813. The summed E-state index contributed by atoms with van der Waals surface area (Å²) in [5.74, 6) is -0.470. The van der Waals surface area contributed by atoms with Crippen LogP contribution in [0.15, 0.2) is 53.4 Å². The minimum atomic E-state index is -3.68. The number of aryl methyl sites for hydroxylation is 1. The third-order valence-corrected chi connectivity index (χ3v) is 5.22. The zero-order valence-corrected chi connectivity index (χ0v) is 14.8. The Balaban J connectivity index is 2.18. The van der Waals surface area contributed by atoms with Crippen LogP contribution in [0.5, 0.6) is 0 Å². The molecule has 2 aromatic rings. The van der Waals surface area contributed by atoms with Crippen molar-refractivity contribution in [2.24, 2.45) is 0 Å². The van der Waals surface area contributed by atoms with Gasteiger partial charge in [0.1, 0.15) is 0 Å². The summed E-state index contributed by atoms with van der Waals surface area (Å²) < 4.78 is 32.6. The van der Waals surface area contributed by atoms with Crippen molar-refractivity contribution < 1.29 is 17.9 Å². The molecule has 0 aliphatic heterocycles. The molecule has 0 saturated heterocycles. The molecule has 0 spiro atoms. The number of rotatable bonds is 6. The van der Waals surface area contributed by atoms with E-state index in [1.54, 1.807) is 13.8 Å². The van der Waals surface area contributed by atoms with Crippen LogP contribution in [-0.2, 0) is 14.8 Å². The second kappa shape index (κ2) is 7.59. The average Bonchev–Trinajstić information content (AvgIpc) is 2.55. The summed E-state index contributed by atoms with van der Waals surface area (Å²) in [6.07, 6.45) is 0. The quantitative estimate of drug-likeness (QED) is 0.815. The third kappa shape index (κ3) is 4.21. The van der Waals surface area contributed by atoms with Crippen molar-refractivity contribution in [3.63, 3.8) is 0 Å². The molecule has 0 heterocycles. The molecule has 0 fully saturated rings. The highest BCUT2D eigenvalue weighted by Gasteiger charge is 2.19. The highest BCUT2D eigenvalue weighted by molar-refractivity contribution is 7.89. The molecule has 0 amide bonds. The zero-order valence-electron chi connectivity index (χ0n) is 13.9. The molecular weight excluding hydrogens is 326 g/mol. The average molecular weight is 347 g/mol. The number of ether oxygens (including phenoxy) is 1. The summed E-state index contributed by atoms with van der Waals surface area (Å²) >= 11 is 0.